The topological polar surface area (TPSA) is 140 Å². The second kappa shape index (κ2) is 6.50. The van der Waals surface area contributed by atoms with Crippen molar-refractivity contribution in [3.05, 3.63) is 32.6 Å². The van der Waals surface area contributed by atoms with Crippen LogP contribution in [0.2, 0.25) is 0 Å². The highest BCUT2D eigenvalue weighted by Crippen LogP contribution is 2.36. The third-order valence-corrected chi connectivity index (χ3v) is 3.67. The number of aryl methyl sites for hydroxylation is 1. The first-order valence-corrected chi connectivity index (χ1v) is 6.57. The summed E-state index contributed by atoms with van der Waals surface area (Å²) < 4.78 is 6.74. The Bertz CT molecular complexity index is 597. The number of nitrogens with one attached hydrogen (secondary N) is 1. The van der Waals surface area contributed by atoms with Crippen LogP contribution >= 0.6 is 0 Å². The van der Waals surface area contributed by atoms with Crippen LogP contribution in [0.1, 0.15) is 18.2 Å². The number of aliphatic hydroxyl groups is 2. The molecule has 5 N–H and O–H groups in total. The zero-order valence-corrected chi connectivity index (χ0v) is 11.6. The molecule has 21 heavy (non-hydrogen) atoms. The first-order chi connectivity index (χ1) is 9.99. The maximum Gasteiger partial charge on any atom is 0.330 e. The van der Waals surface area contributed by atoms with E-state index in [1.54, 1.807) is 6.92 Å². The van der Waals surface area contributed by atoms with Gasteiger partial charge in [0.25, 0.3) is 5.56 Å². The van der Waals surface area contributed by atoms with Gasteiger partial charge in [0.15, 0.2) is 0 Å². The van der Waals surface area contributed by atoms with Crippen LogP contribution < -0.4 is 17.1 Å². The largest absolute Gasteiger partial charge is 0.394 e. The minimum absolute atomic E-state index is 0.164. The zero-order valence-electron chi connectivity index (χ0n) is 11.6. The van der Waals surface area contributed by atoms with Gasteiger partial charge < -0.3 is 19.8 Å². The van der Waals surface area contributed by atoms with E-state index in [-0.39, 0.29) is 13.2 Å². The van der Waals surface area contributed by atoms with Crippen molar-refractivity contribution < 1.29 is 19.8 Å². The van der Waals surface area contributed by atoms with E-state index in [0.29, 0.717) is 12.0 Å². The van der Waals surface area contributed by atoms with Crippen LogP contribution in [0.4, 0.5) is 0 Å². The van der Waals surface area contributed by atoms with Gasteiger partial charge in [-0.15, -0.1) is 0 Å². The van der Waals surface area contributed by atoms with E-state index in [0.717, 1.165) is 0 Å². The standard InChI is InChI=1S/C12H19N3O6/c1-6-4-15(12(19)14-10(6)18)11-7(2-3-20-13)9(17)8(5-16)21-11/h4,7-9,11,16-17H,2-3,5,13H2,1H3,(H,14,18,19)/t7?,8-,9?,11-/m1/s1. The van der Waals surface area contributed by atoms with E-state index >= 15 is 0 Å². The molecule has 1 aliphatic rings. The lowest BCUT2D eigenvalue weighted by atomic mass is 9.96. The molecule has 0 bridgehead atoms. The van der Waals surface area contributed by atoms with Crippen LogP contribution in [-0.4, -0.2) is 45.2 Å². The van der Waals surface area contributed by atoms with Crippen molar-refractivity contribution in [2.24, 2.45) is 11.8 Å². The number of rotatable bonds is 5. The fourth-order valence-corrected chi connectivity index (χ4v) is 2.52. The van der Waals surface area contributed by atoms with Gasteiger partial charge in [-0.3, -0.25) is 14.3 Å². The Labute approximate surface area is 119 Å². The molecule has 2 rings (SSSR count). The molecule has 0 amide bonds. The van der Waals surface area contributed by atoms with E-state index in [9.17, 15) is 19.8 Å². The fourth-order valence-electron chi connectivity index (χ4n) is 2.52. The first-order valence-electron chi connectivity index (χ1n) is 6.57. The summed E-state index contributed by atoms with van der Waals surface area (Å²) in [6.07, 6.45) is -0.875. The van der Waals surface area contributed by atoms with Crippen molar-refractivity contribution in [1.82, 2.24) is 9.55 Å². The van der Waals surface area contributed by atoms with E-state index in [1.807, 2.05) is 0 Å². The minimum Gasteiger partial charge on any atom is -0.394 e. The van der Waals surface area contributed by atoms with Crippen LogP contribution in [0.5, 0.6) is 0 Å². The van der Waals surface area contributed by atoms with Gasteiger partial charge in [-0.2, -0.15) is 0 Å². The van der Waals surface area contributed by atoms with Crippen molar-refractivity contribution in [2.75, 3.05) is 13.2 Å². The molecule has 0 aliphatic carbocycles. The summed E-state index contributed by atoms with van der Waals surface area (Å²) in [7, 11) is 0. The summed E-state index contributed by atoms with van der Waals surface area (Å²) in [4.78, 5) is 30.0. The van der Waals surface area contributed by atoms with E-state index in [1.165, 1.54) is 10.8 Å². The van der Waals surface area contributed by atoms with Gasteiger partial charge in [-0.1, -0.05) is 0 Å². The van der Waals surface area contributed by atoms with Crippen LogP contribution in [0.3, 0.4) is 0 Å². The first kappa shape index (κ1) is 15.9. The molecule has 0 spiro atoms. The van der Waals surface area contributed by atoms with Crippen LogP contribution in [0.25, 0.3) is 0 Å². The molecule has 0 aromatic carbocycles. The molecule has 1 aliphatic heterocycles. The van der Waals surface area contributed by atoms with Gasteiger partial charge in [0, 0.05) is 17.7 Å². The van der Waals surface area contributed by atoms with Gasteiger partial charge in [0.05, 0.1) is 19.3 Å². The lowest BCUT2D eigenvalue weighted by Gasteiger charge is -2.21. The molecule has 2 unspecified atom stereocenters. The second-order valence-electron chi connectivity index (χ2n) is 5.04. The Hall–Kier alpha value is -1.52. The molecule has 0 radical (unpaired) electrons. The number of hydrogen-bond donors (Lipinski definition) is 4. The minimum atomic E-state index is -0.964. The maximum atomic E-state index is 11.9. The molecular formula is C12H19N3O6. The zero-order chi connectivity index (χ0) is 15.6. The van der Waals surface area contributed by atoms with Crippen LogP contribution in [0.15, 0.2) is 15.8 Å². The molecule has 1 aromatic heterocycles. The molecule has 9 nitrogen and oxygen atoms in total. The lowest BCUT2D eigenvalue weighted by molar-refractivity contribution is -0.0490. The monoisotopic (exact) mass is 301 g/mol. The number of aromatic nitrogens is 2. The highest BCUT2D eigenvalue weighted by atomic mass is 16.6. The van der Waals surface area contributed by atoms with E-state index in [2.05, 4.69) is 9.82 Å². The summed E-state index contributed by atoms with van der Waals surface area (Å²) in [6.45, 7) is 1.34. The van der Waals surface area contributed by atoms with Crippen molar-refractivity contribution in [3.8, 4) is 0 Å². The summed E-state index contributed by atoms with van der Waals surface area (Å²) in [5.41, 5.74) is -0.774. The maximum absolute atomic E-state index is 11.9. The molecular weight excluding hydrogens is 282 g/mol. The number of H-pyrrole nitrogens is 1. The lowest BCUT2D eigenvalue weighted by Crippen LogP contribution is -2.36. The molecule has 1 aromatic rings. The molecule has 9 heteroatoms. The Morgan fingerprint density at radius 2 is 2.24 bits per heavy atom. The van der Waals surface area contributed by atoms with Crippen molar-refractivity contribution in [1.29, 1.82) is 0 Å². The molecule has 1 fully saturated rings. The normalized spacial score (nSPS) is 29.0. The van der Waals surface area contributed by atoms with Gasteiger partial charge in [-0.25, -0.2) is 10.7 Å². The van der Waals surface area contributed by atoms with Crippen molar-refractivity contribution in [3.63, 3.8) is 0 Å². The fraction of sp³-hybridized carbons (Fsp3) is 0.667. The Balaban J connectivity index is 2.37. The third kappa shape index (κ3) is 3.06. The smallest absolute Gasteiger partial charge is 0.330 e. The molecule has 1 saturated heterocycles. The molecule has 118 valence electrons. The average molecular weight is 301 g/mol. The highest BCUT2D eigenvalue weighted by molar-refractivity contribution is 5.03. The Kier molecular flexibility index (Phi) is 4.91. The highest BCUT2D eigenvalue weighted by Gasteiger charge is 2.44. The number of nitrogens with two attached hydrogens (primary N) is 1. The summed E-state index contributed by atoms with van der Waals surface area (Å²) in [5.74, 6) is 4.50. The van der Waals surface area contributed by atoms with Crippen LogP contribution in [0, 0.1) is 12.8 Å². The SMILES string of the molecule is Cc1cn([C@@H]2O[C@H](CO)C(O)C2CCON)c(=O)[nH]c1=O. The van der Waals surface area contributed by atoms with Crippen molar-refractivity contribution >= 4 is 0 Å². The molecule has 2 heterocycles. The Morgan fingerprint density at radius 1 is 1.52 bits per heavy atom. The third-order valence-electron chi connectivity index (χ3n) is 3.67. The number of hydrogen-bond acceptors (Lipinski definition) is 7. The predicted octanol–water partition coefficient (Wildman–Crippen LogP) is -2.01. The summed E-state index contributed by atoms with van der Waals surface area (Å²) in [6, 6.07) is 0. The number of aromatic amines is 1. The summed E-state index contributed by atoms with van der Waals surface area (Å²) in [5, 5.41) is 19.4. The van der Waals surface area contributed by atoms with Gasteiger partial charge in [-0.05, 0) is 13.3 Å². The van der Waals surface area contributed by atoms with Gasteiger partial charge in [0.2, 0.25) is 0 Å². The number of ether oxygens (including phenoxy) is 1. The Morgan fingerprint density at radius 3 is 2.86 bits per heavy atom. The van der Waals surface area contributed by atoms with Gasteiger partial charge in [0.1, 0.15) is 12.3 Å². The number of nitrogens with zero attached hydrogens (tertiary/aromatic N) is 1. The van der Waals surface area contributed by atoms with E-state index in [4.69, 9.17) is 10.6 Å². The average Bonchev–Trinajstić information content (AvgIpc) is 2.77. The van der Waals surface area contributed by atoms with Gasteiger partial charge >= 0.3 is 5.69 Å². The summed E-state index contributed by atoms with van der Waals surface area (Å²) >= 11 is 0. The number of aliphatic hydroxyl groups excluding tert-OH is 2. The second-order valence-corrected chi connectivity index (χ2v) is 5.04. The quantitative estimate of drug-likeness (QED) is 0.461. The van der Waals surface area contributed by atoms with E-state index < -0.39 is 35.6 Å². The predicted molar refractivity (Wildman–Crippen MR) is 71.3 cm³/mol. The van der Waals surface area contributed by atoms with Crippen LogP contribution in [-0.2, 0) is 9.57 Å². The molecule has 0 saturated carbocycles. The molecule has 4 atom stereocenters. The van der Waals surface area contributed by atoms with Crippen molar-refractivity contribution in [2.45, 2.75) is 31.8 Å².